The second kappa shape index (κ2) is 13.1. The molecule has 5 rings (SSSR count). The molecular weight excluding hydrogens is 580 g/mol. The number of fused-ring (bicyclic) bond motifs is 1. The second-order valence-electron chi connectivity index (χ2n) is 10.9. The summed E-state index contributed by atoms with van der Waals surface area (Å²) in [7, 11) is 0. The number of alkyl halides is 3. The molecule has 0 radical (unpaired) electrons. The number of aliphatic hydroxyl groups excluding tert-OH is 1. The molecule has 4 aromatic rings. The number of rotatable bonds is 9. The monoisotopic (exact) mass is 612 g/mol. The fourth-order valence-electron chi connectivity index (χ4n) is 5.17. The summed E-state index contributed by atoms with van der Waals surface area (Å²) < 4.78 is 55.5. The van der Waals surface area contributed by atoms with E-state index in [1.165, 1.54) is 35.0 Å². The zero-order valence-electron chi connectivity index (χ0n) is 23.9. The molecule has 0 aliphatic carbocycles. The molecule has 232 valence electrons. The van der Waals surface area contributed by atoms with Gasteiger partial charge in [-0.15, -0.1) is 0 Å². The molecule has 44 heavy (non-hydrogen) atoms. The fourth-order valence-corrected chi connectivity index (χ4v) is 5.17. The van der Waals surface area contributed by atoms with Gasteiger partial charge in [0.15, 0.2) is 11.5 Å². The van der Waals surface area contributed by atoms with Crippen LogP contribution >= 0.6 is 0 Å². The van der Waals surface area contributed by atoms with Gasteiger partial charge in [0, 0.05) is 12.1 Å². The maximum atomic E-state index is 15.5. The van der Waals surface area contributed by atoms with Crippen LogP contribution in [0.3, 0.4) is 0 Å². The third kappa shape index (κ3) is 7.40. The highest BCUT2D eigenvalue weighted by Gasteiger charge is 2.41. The Morgan fingerprint density at radius 2 is 1.80 bits per heavy atom. The van der Waals surface area contributed by atoms with Gasteiger partial charge in [-0.2, -0.15) is 18.3 Å². The van der Waals surface area contributed by atoms with Crippen LogP contribution in [0, 0.1) is 18.7 Å². The number of anilines is 1. The van der Waals surface area contributed by atoms with Gasteiger partial charge in [0.05, 0.1) is 36.0 Å². The molecule has 0 spiro atoms. The van der Waals surface area contributed by atoms with E-state index in [1.807, 2.05) is 31.2 Å². The summed E-state index contributed by atoms with van der Waals surface area (Å²) in [6.07, 6.45) is -3.39. The van der Waals surface area contributed by atoms with E-state index in [4.69, 9.17) is 0 Å². The van der Waals surface area contributed by atoms with Crippen LogP contribution in [0.25, 0.3) is 16.9 Å². The minimum atomic E-state index is -4.22. The molecule has 1 aliphatic rings. The van der Waals surface area contributed by atoms with E-state index in [1.54, 1.807) is 11.0 Å². The SMILES string of the molecule is Cc1ccc([C@H](O)CCNC(=O)c2cccc(-c3ccc4nc(NC(=O)CN5CCC(C(F)(F)F)CC5)cn4n3)c2F)cc1. The molecule has 9 nitrogen and oxygen atoms in total. The van der Waals surface area contributed by atoms with Crippen molar-refractivity contribution in [3.8, 4) is 11.3 Å². The zero-order valence-corrected chi connectivity index (χ0v) is 23.9. The average molecular weight is 613 g/mol. The van der Waals surface area contributed by atoms with E-state index in [9.17, 15) is 27.9 Å². The number of carbonyl (C=O) groups excluding carboxylic acids is 2. The Morgan fingerprint density at radius 3 is 2.50 bits per heavy atom. The smallest absolute Gasteiger partial charge is 0.388 e. The van der Waals surface area contributed by atoms with Crippen molar-refractivity contribution in [3.05, 3.63) is 83.3 Å². The van der Waals surface area contributed by atoms with Crippen LogP contribution in [0.2, 0.25) is 0 Å². The fraction of sp³-hybridized carbons (Fsp3) is 0.355. The molecule has 0 saturated carbocycles. The van der Waals surface area contributed by atoms with E-state index < -0.39 is 35.8 Å². The maximum Gasteiger partial charge on any atom is 0.391 e. The lowest BCUT2D eigenvalue weighted by molar-refractivity contribution is -0.184. The number of hydrogen-bond acceptors (Lipinski definition) is 6. The lowest BCUT2D eigenvalue weighted by Gasteiger charge is -2.32. The number of aryl methyl sites for hydroxylation is 1. The highest BCUT2D eigenvalue weighted by molar-refractivity contribution is 5.95. The van der Waals surface area contributed by atoms with Crippen molar-refractivity contribution in [2.24, 2.45) is 5.92 Å². The number of halogens is 4. The Hall–Kier alpha value is -4.36. The first-order chi connectivity index (χ1) is 21.0. The molecule has 0 bridgehead atoms. The quantitative estimate of drug-likeness (QED) is 0.232. The number of amides is 2. The van der Waals surface area contributed by atoms with Gasteiger partial charge >= 0.3 is 6.18 Å². The van der Waals surface area contributed by atoms with Crippen LogP contribution in [0.4, 0.5) is 23.4 Å². The summed E-state index contributed by atoms with van der Waals surface area (Å²) in [6, 6.07) is 14.9. The Kier molecular flexibility index (Phi) is 9.25. The van der Waals surface area contributed by atoms with Gasteiger partial charge < -0.3 is 15.7 Å². The van der Waals surface area contributed by atoms with Crippen molar-refractivity contribution < 1.29 is 32.3 Å². The van der Waals surface area contributed by atoms with Crippen molar-refractivity contribution >= 4 is 23.3 Å². The number of aromatic nitrogens is 3. The standard InChI is InChI=1S/C31H32F4N6O3/c1-19-5-7-20(8-6-19)25(42)11-14-36-30(44)23-4-2-3-22(29(23)32)24-9-10-27-37-26(17-41(27)39-24)38-28(43)18-40-15-12-21(13-16-40)31(33,34)35/h2-10,17,21,25,42H,11-16,18H2,1H3,(H,36,44)(H,38,43)/t25-/m1/s1. The predicted octanol–water partition coefficient (Wildman–Crippen LogP) is 4.91. The summed E-state index contributed by atoms with van der Waals surface area (Å²) in [5.74, 6) is -2.97. The number of likely N-dealkylation sites (tertiary alicyclic amines) is 1. The third-order valence-corrected chi connectivity index (χ3v) is 7.69. The number of imidazole rings is 1. The second-order valence-corrected chi connectivity index (χ2v) is 10.9. The van der Waals surface area contributed by atoms with Crippen molar-refractivity contribution in [1.29, 1.82) is 0 Å². The van der Waals surface area contributed by atoms with E-state index in [0.717, 1.165) is 11.1 Å². The largest absolute Gasteiger partial charge is 0.391 e. The molecule has 1 saturated heterocycles. The first-order valence-electron chi connectivity index (χ1n) is 14.2. The van der Waals surface area contributed by atoms with Gasteiger partial charge in [-0.1, -0.05) is 35.9 Å². The summed E-state index contributed by atoms with van der Waals surface area (Å²) in [6.45, 7) is 2.36. The molecule has 2 amide bonds. The summed E-state index contributed by atoms with van der Waals surface area (Å²) >= 11 is 0. The van der Waals surface area contributed by atoms with Crippen LogP contribution in [-0.4, -0.2) is 68.8 Å². The van der Waals surface area contributed by atoms with Gasteiger partial charge in [0.25, 0.3) is 5.91 Å². The van der Waals surface area contributed by atoms with E-state index in [2.05, 4.69) is 20.7 Å². The minimum absolute atomic E-state index is 0.0472. The van der Waals surface area contributed by atoms with Crippen LogP contribution in [0.1, 0.15) is 46.9 Å². The van der Waals surface area contributed by atoms with Crippen molar-refractivity contribution in [2.45, 2.75) is 38.5 Å². The normalized spacial score (nSPS) is 15.3. The number of benzene rings is 2. The van der Waals surface area contributed by atoms with Crippen LogP contribution in [-0.2, 0) is 4.79 Å². The molecule has 0 unspecified atom stereocenters. The first kappa shape index (κ1) is 31.1. The Bertz CT molecular complexity index is 1630. The molecule has 2 aromatic heterocycles. The lowest BCUT2D eigenvalue weighted by atomic mass is 9.96. The molecule has 3 heterocycles. The number of piperidine rings is 1. The number of nitrogens with one attached hydrogen (secondary N) is 2. The van der Waals surface area contributed by atoms with Crippen LogP contribution in [0.15, 0.2) is 60.8 Å². The molecule has 2 aromatic carbocycles. The van der Waals surface area contributed by atoms with Gasteiger partial charge in [-0.3, -0.25) is 14.5 Å². The Morgan fingerprint density at radius 1 is 1.07 bits per heavy atom. The summed E-state index contributed by atoms with van der Waals surface area (Å²) in [5, 5.41) is 20.1. The number of hydrogen-bond donors (Lipinski definition) is 3. The van der Waals surface area contributed by atoms with Gasteiger partial charge in [-0.25, -0.2) is 13.9 Å². The lowest BCUT2D eigenvalue weighted by Crippen LogP contribution is -2.42. The topological polar surface area (TPSA) is 112 Å². The summed E-state index contributed by atoms with van der Waals surface area (Å²) in [4.78, 5) is 31.3. The highest BCUT2D eigenvalue weighted by Crippen LogP contribution is 2.34. The third-order valence-electron chi connectivity index (χ3n) is 7.69. The van der Waals surface area contributed by atoms with Crippen LogP contribution < -0.4 is 10.6 Å². The molecule has 1 aliphatic heterocycles. The zero-order chi connectivity index (χ0) is 31.4. The number of aliphatic hydroxyl groups is 1. The first-order valence-corrected chi connectivity index (χ1v) is 14.2. The van der Waals surface area contributed by atoms with Crippen LogP contribution in [0.5, 0.6) is 0 Å². The van der Waals surface area contributed by atoms with Gasteiger partial charge in [0.2, 0.25) is 5.91 Å². The molecule has 3 N–H and O–H groups in total. The molecular formula is C31H32F4N6O3. The highest BCUT2D eigenvalue weighted by atomic mass is 19.4. The van der Waals surface area contributed by atoms with E-state index in [-0.39, 0.29) is 68.1 Å². The maximum absolute atomic E-state index is 15.5. The Balaban J connectivity index is 1.19. The molecule has 13 heteroatoms. The molecule has 1 atom stereocenters. The average Bonchev–Trinajstić information content (AvgIpc) is 3.38. The Labute approximate surface area is 250 Å². The molecule has 1 fully saturated rings. The van der Waals surface area contributed by atoms with Crippen molar-refractivity contribution in [1.82, 2.24) is 24.8 Å². The van der Waals surface area contributed by atoms with E-state index >= 15 is 4.39 Å². The van der Waals surface area contributed by atoms with Crippen molar-refractivity contribution in [2.75, 3.05) is 31.5 Å². The van der Waals surface area contributed by atoms with Crippen molar-refractivity contribution in [3.63, 3.8) is 0 Å². The van der Waals surface area contributed by atoms with E-state index in [0.29, 0.717) is 5.65 Å². The minimum Gasteiger partial charge on any atom is -0.388 e. The number of nitrogens with zero attached hydrogens (tertiary/aromatic N) is 4. The number of carbonyl (C=O) groups is 2. The predicted molar refractivity (Wildman–Crippen MR) is 155 cm³/mol. The van der Waals surface area contributed by atoms with Gasteiger partial charge in [0.1, 0.15) is 5.82 Å². The summed E-state index contributed by atoms with van der Waals surface area (Å²) in [5.41, 5.74) is 2.30. The van der Waals surface area contributed by atoms with Gasteiger partial charge in [-0.05, 0) is 69.1 Å².